The van der Waals surface area contributed by atoms with Crippen molar-refractivity contribution in [2.45, 2.75) is 25.8 Å². The van der Waals surface area contributed by atoms with E-state index in [1.807, 2.05) is 0 Å². The highest BCUT2D eigenvalue weighted by atomic mass is 32.1. The summed E-state index contributed by atoms with van der Waals surface area (Å²) < 4.78 is 0. The van der Waals surface area contributed by atoms with E-state index in [1.54, 1.807) is 22.7 Å². The predicted molar refractivity (Wildman–Crippen MR) is 84.0 cm³/mol. The third-order valence-electron chi connectivity index (χ3n) is 3.38. The number of hydrogen-bond donors (Lipinski definition) is 2. The Balaban J connectivity index is 2.03. The first kappa shape index (κ1) is 14.7. The summed E-state index contributed by atoms with van der Waals surface area (Å²) in [5, 5.41) is 17.0. The molecule has 2 aromatic heterocycles. The number of rotatable bonds is 8. The molecule has 0 aliphatic rings. The van der Waals surface area contributed by atoms with Crippen LogP contribution >= 0.6 is 22.7 Å². The van der Waals surface area contributed by atoms with E-state index in [-0.39, 0.29) is 6.61 Å². The van der Waals surface area contributed by atoms with Crippen molar-refractivity contribution < 1.29 is 5.11 Å². The molecule has 2 rings (SSSR count). The standard InChI is InChI=1S/C15H21NOS2/c1-2-12(7-8-17)11-16-15(13-5-3-9-18-13)14-6-4-10-19-14/h3-6,9-10,12,15-17H,2,7-8,11H2,1H3. The molecule has 1 atom stereocenters. The minimum Gasteiger partial charge on any atom is -0.396 e. The van der Waals surface area contributed by atoms with Gasteiger partial charge in [0.1, 0.15) is 0 Å². The predicted octanol–water partition coefficient (Wildman–Crippen LogP) is 3.90. The van der Waals surface area contributed by atoms with Crippen LogP contribution in [0, 0.1) is 5.92 Å². The van der Waals surface area contributed by atoms with Crippen LogP contribution in [0.15, 0.2) is 35.0 Å². The first-order valence-corrected chi connectivity index (χ1v) is 8.52. The molecule has 0 fully saturated rings. The zero-order valence-corrected chi connectivity index (χ0v) is 12.8. The number of thiophene rings is 2. The maximum atomic E-state index is 9.08. The second kappa shape index (κ2) is 7.80. The molecule has 1 unspecified atom stereocenters. The van der Waals surface area contributed by atoms with E-state index >= 15 is 0 Å². The second-order valence-corrected chi connectivity index (χ2v) is 6.62. The van der Waals surface area contributed by atoms with Gasteiger partial charge in [0, 0.05) is 16.4 Å². The van der Waals surface area contributed by atoms with Crippen molar-refractivity contribution in [2.24, 2.45) is 5.92 Å². The van der Waals surface area contributed by atoms with Crippen LogP contribution in [0.4, 0.5) is 0 Å². The van der Waals surface area contributed by atoms with E-state index < -0.39 is 0 Å². The molecule has 0 aliphatic heterocycles. The highest BCUT2D eigenvalue weighted by molar-refractivity contribution is 7.11. The molecule has 4 heteroatoms. The molecule has 104 valence electrons. The van der Waals surface area contributed by atoms with Crippen LogP contribution in [0.5, 0.6) is 0 Å². The normalized spacial score (nSPS) is 13.0. The molecule has 2 N–H and O–H groups in total. The van der Waals surface area contributed by atoms with E-state index in [4.69, 9.17) is 5.11 Å². The minimum atomic E-state index is 0.281. The number of nitrogens with one attached hydrogen (secondary N) is 1. The largest absolute Gasteiger partial charge is 0.396 e. The molecule has 0 saturated heterocycles. The van der Waals surface area contributed by atoms with Crippen LogP contribution in [0.3, 0.4) is 0 Å². The molecule has 0 aliphatic carbocycles. The van der Waals surface area contributed by atoms with Gasteiger partial charge in [-0.3, -0.25) is 0 Å². The fourth-order valence-electron chi connectivity index (χ4n) is 2.17. The lowest BCUT2D eigenvalue weighted by atomic mass is 10.0. The third kappa shape index (κ3) is 4.14. The van der Waals surface area contributed by atoms with E-state index in [0.29, 0.717) is 12.0 Å². The first-order valence-electron chi connectivity index (χ1n) is 6.76. The van der Waals surface area contributed by atoms with Gasteiger partial charge in [0.25, 0.3) is 0 Å². The van der Waals surface area contributed by atoms with Crippen LogP contribution in [0.2, 0.25) is 0 Å². The Hall–Kier alpha value is -0.680. The van der Waals surface area contributed by atoms with Crippen LogP contribution in [-0.4, -0.2) is 18.3 Å². The van der Waals surface area contributed by atoms with Gasteiger partial charge in [0.05, 0.1) is 6.04 Å². The highest BCUT2D eigenvalue weighted by Gasteiger charge is 2.17. The number of hydrogen-bond acceptors (Lipinski definition) is 4. The average molecular weight is 295 g/mol. The Morgan fingerprint density at radius 2 is 1.79 bits per heavy atom. The molecule has 19 heavy (non-hydrogen) atoms. The average Bonchev–Trinajstić information content (AvgIpc) is 3.11. The van der Waals surface area contributed by atoms with Crippen molar-refractivity contribution in [2.75, 3.05) is 13.2 Å². The SMILES string of the molecule is CCC(CCO)CNC(c1cccs1)c1cccs1. The van der Waals surface area contributed by atoms with Crippen LogP contribution < -0.4 is 5.32 Å². The Labute approximate surface area is 123 Å². The number of aliphatic hydroxyl groups is 1. The van der Waals surface area contributed by atoms with Crippen molar-refractivity contribution >= 4 is 22.7 Å². The summed E-state index contributed by atoms with van der Waals surface area (Å²) in [7, 11) is 0. The summed E-state index contributed by atoms with van der Waals surface area (Å²) in [4.78, 5) is 2.72. The van der Waals surface area contributed by atoms with Crippen molar-refractivity contribution in [3.63, 3.8) is 0 Å². The molecule has 2 nitrogen and oxygen atoms in total. The molecule has 0 bridgehead atoms. The Morgan fingerprint density at radius 3 is 2.21 bits per heavy atom. The fourth-order valence-corrected chi connectivity index (χ4v) is 3.88. The summed E-state index contributed by atoms with van der Waals surface area (Å²) in [5.74, 6) is 0.549. The molecule has 0 amide bonds. The van der Waals surface area contributed by atoms with Gasteiger partial charge in [-0.1, -0.05) is 25.5 Å². The Bertz CT molecular complexity index is 404. The van der Waals surface area contributed by atoms with Crippen LogP contribution in [0.1, 0.15) is 35.6 Å². The maximum absolute atomic E-state index is 9.08. The lowest BCUT2D eigenvalue weighted by Crippen LogP contribution is -2.27. The van der Waals surface area contributed by atoms with Gasteiger partial charge in [0.15, 0.2) is 0 Å². The zero-order chi connectivity index (χ0) is 13.5. The molecule has 0 radical (unpaired) electrons. The summed E-state index contributed by atoms with van der Waals surface area (Å²) >= 11 is 3.59. The number of aliphatic hydroxyl groups excluding tert-OH is 1. The zero-order valence-electron chi connectivity index (χ0n) is 11.2. The van der Waals surface area contributed by atoms with Crippen molar-refractivity contribution in [3.8, 4) is 0 Å². The maximum Gasteiger partial charge on any atom is 0.0764 e. The van der Waals surface area contributed by atoms with Crippen LogP contribution in [-0.2, 0) is 0 Å². The van der Waals surface area contributed by atoms with Crippen LogP contribution in [0.25, 0.3) is 0 Å². The second-order valence-electron chi connectivity index (χ2n) is 4.66. The highest BCUT2D eigenvalue weighted by Crippen LogP contribution is 2.29. The molecular formula is C15H21NOS2. The summed E-state index contributed by atoms with van der Waals surface area (Å²) in [6.07, 6.45) is 1.99. The van der Waals surface area contributed by atoms with E-state index in [1.165, 1.54) is 9.75 Å². The Morgan fingerprint density at radius 1 is 1.16 bits per heavy atom. The lowest BCUT2D eigenvalue weighted by molar-refractivity contribution is 0.250. The topological polar surface area (TPSA) is 32.3 Å². The van der Waals surface area contributed by atoms with Gasteiger partial charge in [-0.05, 0) is 41.8 Å². The first-order chi connectivity index (χ1) is 9.35. The van der Waals surface area contributed by atoms with Crippen molar-refractivity contribution in [3.05, 3.63) is 44.8 Å². The Kier molecular flexibility index (Phi) is 6.04. The quantitative estimate of drug-likeness (QED) is 0.774. The summed E-state index contributed by atoms with van der Waals surface area (Å²) in [5.41, 5.74) is 0. The molecule has 2 heterocycles. The third-order valence-corrected chi connectivity index (χ3v) is 5.26. The minimum absolute atomic E-state index is 0.281. The fraction of sp³-hybridized carbons (Fsp3) is 0.467. The van der Waals surface area contributed by atoms with Gasteiger partial charge in [0.2, 0.25) is 0 Å². The molecule has 0 spiro atoms. The van der Waals surface area contributed by atoms with E-state index in [9.17, 15) is 0 Å². The van der Waals surface area contributed by atoms with Gasteiger partial charge in [-0.2, -0.15) is 0 Å². The molecular weight excluding hydrogens is 274 g/mol. The van der Waals surface area contributed by atoms with E-state index in [2.05, 4.69) is 47.3 Å². The van der Waals surface area contributed by atoms with Gasteiger partial charge in [-0.15, -0.1) is 22.7 Å². The molecule has 0 saturated carbocycles. The summed E-state index contributed by atoms with van der Waals surface area (Å²) in [6, 6.07) is 8.89. The monoisotopic (exact) mass is 295 g/mol. The van der Waals surface area contributed by atoms with E-state index in [0.717, 1.165) is 19.4 Å². The lowest BCUT2D eigenvalue weighted by Gasteiger charge is -2.20. The smallest absolute Gasteiger partial charge is 0.0764 e. The van der Waals surface area contributed by atoms with Crippen molar-refractivity contribution in [1.82, 2.24) is 5.32 Å². The van der Waals surface area contributed by atoms with Gasteiger partial charge in [-0.25, -0.2) is 0 Å². The molecule has 2 aromatic rings. The van der Waals surface area contributed by atoms with Crippen molar-refractivity contribution in [1.29, 1.82) is 0 Å². The van der Waals surface area contributed by atoms with Gasteiger partial charge < -0.3 is 10.4 Å². The van der Waals surface area contributed by atoms with Gasteiger partial charge >= 0.3 is 0 Å². The summed E-state index contributed by atoms with van der Waals surface area (Å²) in [6.45, 7) is 3.42. The molecule has 0 aromatic carbocycles.